The summed E-state index contributed by atoms with van der Waals surface area (Å²) in [6.45, 7) is 15.8. The summed E-state index contributed by atoms with van der Waals surface area (Å²) in [6.07, 6.45) is 4.67. The molecule has 7 heteroatoms. The number of esters is 1. The van der Waals surface area contributed by atoms with E-state index in [-0.39, 0.29) is 35.8 Å². The van der Waals surface area contributed by atoms with Gasteiger partial charge in [-0.15, -0.1) is 0 Å². The van der Waals surface area contributed by atoms with Crippen LogP contribution in [-0.4, -0.2) is 72.5 Å². The van der Waals surface area contributed by atoms with Crippen LogP contribution in [0.2, 0.25) is 0 Å². The first-order valence-electron chi connectivity index (χ1n) is 11.9. The first-order chi connectivity index (χ1) is 14.7. The molecule has 0 aromatic carbocycles. The average Bonchev–Trinajstić information content (AvgIpc) is 2.69. The maximum atomic E-state index is 13.6. The van der Waals surface area contributed by atoms with Gasteiger partial charge in [-0.3, -0.25) is 14.5 Å². The van der Waals surface area contributed by atoms with Gasteiger partial charge in [0.25, 0.3) is 0 Å². The van der Waals surface area contributed by atoms with Crippen LogP contribution in [0.1, 0.15) is 74.7 Å². The first-order valence-corrected chi connectivity index (χ1v) is 11.9. The summed E-state index contributed by atoms with van der Waals surface area (Å²) >= 11 is 0. The fraction of sp³-hybridized carbons (Fsp3) is 0.800. The number of nitrogens with one attached hydrogen (secondary N) is 1. The number of carbonyl (C=O) groups is 3. The highest BCUT2D eigenvalue weighted by atomic mass is 16.5. The van der Waals surface area contributed by atoms with Crippen molar-refractivity contribution in [3.05, 3.63) is 11.6 Å². The molecule has 1 unspecified atom stereocenters. The SMILES string of the molecule is CCOC(=O)/C(C)=C/[C@H](C(C)C)N(C)C(=O)[C@@H](NC(=O)C1CCC[C@@H](C)N1C)C(C)(C)C. The summed E-state index contributed by atoms with van der Waals surface area (Å²) in [6, 6.07) is -0.866. The summed E-state index contributed by atoms with van der Waals surface area (Å²) in [5.74, 6) is -0.562. The Hall–Kier alpha value is -1.89. The van der Waals surface area contributed by atoms with Gasteiger partial charge in [-0.1, -0.05) is 40.7 Å². The lowest BCUT2D eigenvalue weighted by molar-refractivity contribution is -0.142. The fourth-order valence-electron chi connectivity index (χ4n) is 4.20. The summed E-state index contributed by atoms with van der Waals surface area (Å²) in [5.41, 5.74) is 0.000687. The van der Waals surface area contributed by atoms with Crippen LogP contribution in [-0.2, 0) is 19.1 Å². The maximum Gasteiger partial charge on any atom is 0.333 e. The molecule has 1 fully saturated rings. The highest BCUT2D eigenvalue weighted by molar-refractivity contribution is 5.91. The molecule has 1 rings (SSSR count). The quantitative estimate of drug-likeness (QED) is 0.452. The Morgan fingerprint density at radius 2 is 1.81 bits per heavy atom. The maximum absolute atomic E-state index is 13.6. The molecule has 1 heterocycles. The molecular weight excluding hydrogens is 406 g/mol. The number of hydrogen-bond acceptors (Lipinski definition) is 5. The molecule has 0 aliphatic carbocycles. The Kier molecular flexibility index (Phi) is 10.4. The average molecular weight is 452 g/mol. The number of ether oxygens (including phenoxy) is 1. The van der Waals surface area contributed by atoms with E-state index in [0.717, 1.165) is 19.3 Å². The standard InChI is InChI=1S/C25H45N3O4/c1-11-32-24(31)17(4)15-20(16(2)3)28(10)23(30)21(25(6,7)8)26-22(29)19-14-12-13-18(5)27(19)9/h15-16,18-21H,11-14H2,1-10H3,(H,26,29)/b17-15+/t18-,19?,20-,21-/m1/s1. The third-order valence-corrected chi connectivity index (χ3v) is 6.48. The Morgan fingerprint density at radius 3 is 2.31 bits per heavy atom. The van der Waals surface area contributed by atoms with Crippen LogP contribution in [0.5, 0.6) is 0 Å². The van der Waals surface area contributed by atoms with Crippen LogP contribution >= 0.6 is 0 Å². The lowest BCUT2D eigenvalue weighted by atomic mass is 9.84. The molecule has 0 radical (unpaired) electrons. The summed E-state index contributed by atoms with van der Waals surface area (Å²) in [5, 5.41) is 3.06. The number of piperidine rings is 1. The molecule has 2 amide bonds. The van der Waals surface area contributed by atoms with Gasteiger partial charge in [-0.25, -0.2) is 4.79 Å². The molecule has 0 bridgehead atoms. The molecule has 0 saturated carbocycles. The fourth-order valence-corrected chi connectivity index (χ4v) is 4.20. The predicted octanol–water partition coefficient (Wildman–Crippen LogP) is 3.38. The molecule has 0 spiro atoms. The van der Waals surface area contributed by atoms with Crippen molar-refractivity contribution >= 4 is 17.8 Å². The van der Waals surface area contributed by atoms with Crippen molar-refractivity contribution in [2.75, 3.05) is 20.7 Å². The van der Waals surface area contributed by atoms with Gasteiger partial charge >= 0.3 is 5.97 Å². The van der Waals surface area contributed by atoms with Crippen molar-refractivity contribution in [1.82, 2.24) is 15.1 Å². The van der Waals surface area contributed by atoms with Crippen molar-refractivity contribution in [2.24, 2.45) is 11.3 Å². The number of nitrogens with zero attached hydrogens (tertiary/aromatic N) is 2. The molecule has 4 atom stereocenters. The monoisotopic (exact) mass is 451 g/mol. The molecule has 0 aromatic rings. The van der Waals surface area contributed by atoms with E-state index < -0.39 is 11.5 Å². The summed E-state index contributed by atoms with van der Waals surface area (Å²) < 4.78 is 5.09. The number of likely N-dealkylation sites (N-methyl/N-ethyl adjacent to an activating group) is 2. The van der Waals surface area contributed by atoms with Crippen molar-refractivity contribution in [3.8, 4) is 0 Å². The normalized spacial score (nSPS) is 22.3. The Labute approximate surface area is 194 Å². The van der Waals surface area contributed by atoms with Gasteiger partial charge in [0.15, 0.2) is 0 Å². The van der Waals surface area contributed by atoms with E-state index in [4.69, 9.17) is 4.74 Å². The van der Waals surface area contributed by atoms with Crippen molar-refractivity contribution < 1.29 is 19.1 Å². The van der Waals surface area contributed by atoms with Crippen LogP contribution in [0.15, 0.2) is 11.6 Å². The molecule has 0 aromatic heterocycles. The van der Waals surface area contributed by atoms with E-state index in [1.807, 2.05) is 41.7 Å². The molecular formula is C25H45N3O4. The Balaban J connectivity index is 3.12. The minimum atomic E-state index is -0.678. The molecule has 184 valence electrons. The van der Waals surface area contributed by atoms with Crippen LogP contribution < -0.4 is 5.32 Å². The molecule has 1 aliphatic heterocycles. The largest absolute Gasteiger partial charge is 0.463 e. The van der Waals surface area contributed by atoms with Crippen LogP contribution in [0.3, 0.4) is 0 Å². The van der Waals surface area contributed by atoms with Gasteiger partial charge in [-0.2, -0.15) is 0 Å². The Bertz CT molecular complexity index is 696. The zero-order valence-electron chi connectivity index (χ0n) is 21.8. The highest BCUT2D eigenvalue weighted by Crippen LogP contribution is 2.26. The van der Waals surface area contributed by atoms with Crippen LogP contribution in [0, 0.1) is 11.3 Å². The minimum Gasteiger partial charge on any atom is -0.463 e. The minimum absolute atomic E-state index is 0.0787. The van der Waals surface area contributed by atoms with E-state index in [0.29, 0.717) is 18.2 Å². The molecule has 1 N–H and O–H groups in total. The van der Waals surface area contributed by atoms with Crippen LogP contribution in [0.4, 0.5) is 0 Å². The topological polar surface area (TPSA) is 79.0 Å². The van der Waals surface area contributed by atoms with Crippen molar-refractivity contribution in [3.63, 3.8) is 0 Å². The summed E-state index contributed by atoms with van der Waals surface area (Å²) in [4.78, 5) is 42.7. The number of carbonyl (C=O) groups excluding carboxylic acids is 3. The van der Waals surface area contributed by atoms with Crippen molar-refractivity contribution in [2.45, 2.75) is 98.8 Å². The number of amides is 2. The summed E-state index contributed by atoms with van der Waals surface area (Å²) in [7, 11) is 3.72. The van der Waals surface area contributed by atoms with Crippen LogP contribution in [0.25, 0.3) is 0 Å². The van der Waals surface area contributed by atoms with Gasteiger partial charge in [0.05, 0.1) is 18.7 Å². The second-order valence-corrected chi connectivity index (χ2v) is 10.5. The number of likely N-dealkylation sites (tertiary alicyclic amines) is 1. The van der Waals surface area contributed by atoms with Crippen molar-refractivity contribution in [1.29, 1.82) is 0 Å². The number of rotatable bonds is 8. The first kappa shape index (κ1) is 28.1. The predicted molar refractivity (Wildman–Crippen MR) is 128 cm³/mol. The third kappa shape index (κ3) is 7.32. The van der Waals surface area contributed by atoms with Gasteiger partial charge in [0.1, 0.15) is 6.04 Å². The second kappa shape index (κ2) is 11.8. The van der Waals surface area contributed by atoms with E-state index in [1.54, 1.807) is 31.9 Å². The van der Waals surface area contributed by atoms with Gasteiger partial charge in [-0.05, 0) is 58.4 Å². The van der Waals surface area contributed by atoms with E-state index in [9.17, 15) is 14.4 Å². The molecule has 7 nitrogen and oxygen atoms in total. The second-order valence-electron chi connectivity index (χ2n) is 10.5. The zero-order valence-corrected chi connectivity index (χ0v) is 21.8. The zero-order chi connectivity index (χ0) is 24.8. The highest BCUT2D eigenvalue weighted by Gasteiger charge is 2.39. The van der Waals surface area contributed by atoms with E-state index in [1.165, 1.54) is 0 Å². The molecule has 1 aliphatic rings. The van der Waals surface area contributed by atoms with E-state index >= 15 is 0 Å². The van der Waals surface area contributed by atoms with Gasteiger partial charge in [0, 0.05) is 18.7 Å². The van der Waals surface area contributed by atoms with Gasteiger partial charge < -0.3 is 15.0 Å². The Morgan fingerprint density at radius 1 is 1.22 bits per heavy atom. The lowest BCUT2D eigenvalue weighted by Gasteiger charge is -2.40. The number of hydrogen-bond donors (Lipinski definition) is 1. The smallest absolute Gasteiger partial charge is 0.333 e. The third-order valence-electron chi connectivity index (χ3n) is 6.48. The molecule has 32 heavy (non-hydrogen) atoms. The lowest BCUT2D eigenvalue weighted by Crippen LogP contribution is -2.60. The molecule has 1 saturated heterocycles. The van der Waals surface area contributed by atoms with E-state index in [2.05, 4.69) is 17.1 Å². The van der Waals surface area contributed by atoms with Gasteiger partial charge in [0.2, 0.25) is 11.8 Å².